The molecule has 0 bridgehead atoms. The lowest BCUT2D eigenvalue weighted by Crippen LogP contribution is -2.15. The van der Waals surface area contributed by atoms with Crippen LogP contribution in [-0.4, -0.2) is 21.6 Å². The summed E-state index contributed by atoms with van der Waals surface area (Å²) in [6.07, 6.45) is 0.958. The molecule has 4 aromatic rings. The normalized spacial score (nSPS) is 11.0. The van der Waals surface area contributed by atoms with E-state index in [0.29, 0.717) is 15.4 Å². The number of benzene rings is 2. The second kappa shape index (κ2) is 8.85. The number of fused-ring (bicyclic) bond motifs is 1. The van der Waals surface area contributed by atoms with E-state index < -0.39 is 0 Å². The van der Waals surface area contributed by atoms with Crippen molar-refractivity contribution in [3.05, 3.63) is 75.4 Å². The topological polar surface area (TPSA) is 74.8 Å². The SMILES string of the molecule is CCc1ccc(NC(=O)CSc2nc3scc(-c4ccc(C)cc4)c3c(=O)[nH]2)cc1. The van der Waals surface area contributed by atoms with Gasteiger partial charge in [-0.3, -0.25) is 9.59 Å². The number of thiophene rings is 1. The van der Waals surface area contributed by atoms with Gasteiger partial charge in [0.05, 0.1) is 11.1 Å². The number of nitrogens with one attached hydrogen (secondary N) is 2. The molecule has 0 saturated heterocycles. The zero-order valence-corrected chi connectivity index (χ0v) is 18.3. The summed E-state index contributed by atoms with van der Waals surface area (Å²) in [7, 11) is 0. The minimum atomic E-state index is -0.185. The Bertz CT molecular complexity index is 1240. The zero-order valence-electron chi connectivity index (χ0n) is 16.7. The number of aromatic nitrogens is 2. The summed E-state index contributed by atoms with van der Waals surface area (Å²) in [5.41, 5.74) is 4.84. The molecule has 0 atom stereocenters. The number of carbonyl (C=O) groups is 1. The molecule has 0 radical (unpaired) electrons. The average Bonchev–Trinajstić information content (AvgIpc) is 3.18. The van der Waals surface area contributed by atoms with Gasteiger partial charge < -0.3 is 10.3 Å². The Balaban J connectivity index is 1.48. The molecule has 0 aliphatic rings. The third kappa shape index (κ3) is 4.47. The van der Waals surface area contributed by atoms with Gasteiger partial charge in [-0.15, -0.1) is 11.3 Å². The molecule has 2 aromatic heterocycles. The number of carbonyl (C=O) groups excluding carboxylic acids is 1. The number of rotatable bonds is 6. The van der Waals surface area contributed by atoms with E-state index >= 15 is 0 Å². The summed E-state index contributed by atoms with van der Waals surface area (Å²) in [6, 6.07) is 15.9. The van der Waals surface area contributed by atoms with E-state index in [9.17, 15) is 9.59 Å². The Kier molecular flexibility index (Phi) is 6.01. The molecule has 2 heterocycles. The molecule has 0 spiro atoms. The molecular formula is C23H21N3O2S2. The van der Waals surface area contributed by atoms with Gasteiger partial charge in [0.2, 0.25) is 5.91 Å². The fourth-order valence-corrected chi connectivity index (χ4v) is 4.76. The molecule has 2 N–H and O–H groups in total. The molecular weight excluding hydrogens is 414 g/mol. The summed E-state index contributed by atoms with van der Waals surface area (Å²) >= 11 is 2.66. The van der Waals surface area contributed by atoms with Gasteiger partial charge in [0.15, 0.2) is 5.16 Å². The van der Waals surface area contributed by atoms with Crippen LogP contribution in [0.3, 0.4) is 0 Å². The Labute approximate surface area is 182 Å². The predicted molar refractivity (Wildman–Crippen MR) is 126 cm³/mol. The lowest BCUT2D eigenvalue weighted by atomic mass is 10.1. The van der Waals surface area contributed by atoms with Crippen LogP contribution in [0.25, 0.3) is 21.3 Å². The molecule has 0 aliphatic heterocycles. The van der Waals surface area contributed by atoms with Crippen LogP contribution in [0, 0.1) is 6.92 Å². The highest BCUT2D eigenvalue weighted by molar-refractivity contribution is 7.99. The lowest BCUT2D eigenvalue weighted by Gasteiger charge is -2.06. The van der Waals surface area contributed by atoms with Crippen LogP contribution in [0.4, 0.5) is 5.69 Å². The molecule has 0 saturated carbocycles. The maximum atomic E-state index is 12.7. The first-order valence-electron chi connectivity index (χ1n) is 9.63. The fourth-order valence-electron chi connectivity index (χ4n) is 3.10. The van der Waals surface area contributed by atoms with Crippen molar-refractivity contribution >= 4 is 44.9 Å². The number of amides is 1. The minimum absolute atomic E-state index is 0.140. The van der Waals surface area contributed by atoms with Crippen molar-refractivity contribution in [2.75, 3.05) is 11.1 Å². The van der Waals surface area contributed by atoms with Gasteiger partial charge in [-0.2, -0.15) is 0 Å². The molecule has 4 rings (SSSR count). The van der Waals surface area contributed by atoms with Crippen molar-refractivity contribution in [3.63, 3.8) is 0 Å². The van der Waals surface area contributed by atoms with Gasteiger partial charge in [0.25, 0.3) is 5.56 Å². The van der Waals surface area contributed by atoms with Crippen LogP contribution >= 0.6 is 23.1 Å². The van der Waals surface area contributed by atoms with Crippen LogP contribution in [0.5, 0.6) is 0 Å². The molecule has 7 heteroatoms. The standard InChI is InChI=1S/C23H21N3O2S2/c1-3-15-6-10-17(11-7-15)24-19(27)13-30-23-25-21(28)20-18(12-29-22(20)26-23)16-8-4-14(2)5-9-16/h4-12H,3,13H2,1-2H3,(H,24,27)(H,25,26,28). The van der Waals surface area contributed by atoms with E-state index in [4.69, 9.17) is 0 Å². The van der Waals surface area contributed by atoms with Gasteiger partial charge in [0.1, 0.15) is 4.83 Å². The molecule has 0 unspecified atom stereocenters. The first kappa shape index (κ1) is 20.4. The predicted octanol–water partition coefficient (Wildman–Crippen LogP) is 5.25. The smallest absolute Gasteiger partial charge is 0.260 e. The molecule has 0 aliphatic carbocycles. The molecule has 2 aromatic carbocycles. The number of anilines is 1. The Morgan fingerprint density at radius 2 is 1.87 bits per heavy atom. The van der Waals surface area contributed by atoms with E-state index in [-0.39, 0.29) is 17.2 Å². The van der Waals surface area contributed by atoms with Gasteiger partial charge in [-0.05, 0) is 36.6 Å². The maximum Gasteiger partial charge on any atom is 0.260 e. The second-order valence-electron chi connectivity index (χ2n) is 6.95. The van der Waals surface area contributed by atoms with E-state index in [1.54, 1.807) is 0 Å². The van der Waals surface area contributed by atoms with Crippen LogP contribution in [0.15, 0.2) is 63.9 Å². The van der Waals surface area contributed by atoms with E-state index in [2.05, 4.69) is 22.2 Å². The first-order valence-corrected chi connectivity index (χ1v) is 11.5. The highest BCUT2D eigenvalue weighted by Gasteiger charge is 2.14. The lowest BCUT2D eigenvalue weighted by molar-refractivity contribution is -0.113. The number of aromatic amines is 1. The highest BCUT2D eigenvalue weighted by Crippen LogP contribution is 2.31. The quantitative estimate of drug-likeness (QED) is 0.320. The number of nitrogens with zero attached hydrogens (tertiary/aromatic N) is 1. The summed E-state index contributed by atoms with van der Waals surface area (Å²) in [4.78, 5) is 33.0. The summed E-state index contributed by atoms with van der Waals surface area (Å²) in [5, 5.41) is 5.86. The van der Waals surface area contributed by atoms with E-state index in [0.717, 1.165) is 23.2 Å². The number of H-pyrrole nitrogens is 1. The molecule has 30 heavy (non-hydrogen) atoms. The number of hydrogen-bond acceptors (Lipinski definition) is 5. The third-order valence-corrected chi connectivity index (χ3v) is 6.52. The first-order chi connectivity index (χ1) is 14.5. The molecule has 5 nitrogen and oxygen atoms in total. The Morgan fingerprint density at radius 3 is 2.57 bits per heavy atom. The highest BCUT2D eigenvalue weighted by atomic mass is 32.2. The van der Waals surface area contributed by atoms with Gasteiger partial charge >= 0.3 is 0 Å². The Morgan fingerprint density at radius 1 is 1.13 bits per heavy atom. The van der Waals surface area contributed by atoms with Crippen molar-refractivity contribution in [1.29, 1.82) is 0 Å². The average molecular weight is 436 g/mol. The number of thioether (sulfide) groups is 1. The fraction of sp³-hybridized carbons (Fsp3) is 0.174. The van der Waals surface area contributed by atoms with Gasteiger partial charge in [-0.1, -0.05) is 60.6 Å². The summed E-state index contributed by atoms with van der Waals surface area (Å²) < 4.78 is 0. The third-order valence-electron chi connectivity index (χ3n) is 4.77. The van der Waals surface area contributed by atoms with Crippen molar-refractivity contribution in [1.82, 2.24) is 9.97 Å². The number of hydrogen-bond donors (Lipinski definition) is 2. The minimum Gasteiger partial charge on any atom is -0.325 e. The molecule has 1 amide bonds. The van der Waals surface area contributed by atoms with Crippen LogP contribution in [-0.2, 0) is 11.2 Å². The molecule has 0 fully saturated rings. The summed E-state index contributed by atoms with van der Waals surface area (Å²) in [5.74, 6) is 0.0266. The largest absolute Gasteiger partial charge is 0.325 e. The van der Waals surface area contributed by atoms with Gasteiger partial charge in [-0.25, -0.2) is 4.98 Å². The van der Waals surface area contributed by atoms with Crippen molar-refractivity contribution in [3.8, 4) is 11.1 Å². The van der Waals surface area contributed by atoms with Crippen molar-refractivity contribution < 1.29 is 4.79 Å². The summed E-state index contributed by atoms with van der Waals surface area (Å²) in [6.45, 7) is 4.12. The second-order valence-corrected chi connectivity index (χ2v) is 8.78. The monoisotopic (exact) mass is 435 g/mol. The van der Waals surface area contributed by atoms with Gasteiger partial charge in [0, 0.05) is 16.6 Å². The van der Waals surface area contributed by atoms with E-state index in [1.165, 1.54) is 34.2 Å². The van der Waals surface area contributed by atoms with Crippen LogP contribution in [0.2, 0.25) is 0 Å². The number of aryl methyl sites for hydroxylation is 2. The van der Waals surface area contributed by atoms with Crippen molar-refractivity contribution in [2.45, 2.75) is 25.4 Å². The van der Waals surface area contributed by atoms with E-state index in [1.807, 2.05) is 60.8 Å². The molecule has 152 valence electrons. The zero-order chi connectivity index (χ0) is 21.1. The van der Waals surface area contributed by atoms with Crippen LogP contribution in [0.1, 0.15) is 18.1 Å². The Hall–Kier alpha value is -2.90. The van der Waals surface area contributed by atoms with Crippen LogP contribution < -0.4 is 10.9 Å². The maximum absolute atomic E-state index is 12.7. The van der Waals surface area contributed by atoms with Crippen molar-refractivity contribution in [2.24, 2.45) is 0 Å².